The Morgan fingerprint density at radius 1 is 1.44 bits per heavy atom. The lowest BCUT2D eigenvalue weighted by Crippen LogP contribution is -2.21. The topological polar surface area (TPSA) is 59.8 Å². The third-order valence-corrected chi connectivity index (χ3v) is 2.12. The van der Waals surface area contributed by atoms with Crippen LogP contribution in [-0.4, -0.2) is 14.5 Å². The fourth-order valence-corrected chi connectivity index (χ4v) is 1.41. The molecular formula is C11H12N4O. The maximum atomic E-state index is 11.7. The minimum atomic E-state index is -0.158. The summed E-state index contributed by atoms with van der Waals surface area (Å²) >= 11 is 0. The molecule has 0 saturated heterocycles. The van der Waals surface area contributed by atoms with E-state index in [0.29, 0.717) is 5.82 Å². The van der Waals surface area contributed by atoms with Crippen molar-refractivity contribution in [2.24, 2.45) is 7.05 Å². The first-order valence-corrected chi connectivity index (χ1v) is 4.88. The van der Waals surface area contributed by atoms with Crippen LogP contribution in [0.3, 0.4) is 0 Å². The molecule has 5 nitrogen and oxygen atoms in total. The van der Waals surface area contributed by atoms with E-state index in [-0.39, 0.29) is 5.56 Å². The predicted octanol–water partition coefficient (Wildman–Crippen LogP) is 1.23. The van der Waals surface area contributed by atoms with E-state index in [1.807, 2.05) is 13.0 Å². The van der Waals surface area contributed by atoms with Crippen LogP contribution in [0, 0.1) is 6.92 Å². The van der Waals surface area contributed by atoms with Crippen molar-refractivity contribution in [3.05, 3.63) is 46.8 Å². The fraction of sp³-hybridized carbons (Fsp3) is 0.182. The molecule has 0 aliphatic carbocycles. The second-order valence-corrected chi connectivity index (χ2v) is 3.51. The largest absolute Gasteiger partial charge is 0.334 e. The molecule has 16 heavy (non-hydrogen) atoms. The minimum Gasteiger partial charge on any atom is -0.334 e. The third kappa shape index (κ3) is 2.08. The molecule has 0 bridgehead atoms. The number of aromatic nitrogens is 3. The van der Waals surface area contributed by atoms with E-state index in [9.17, 15) is 4.79 Å². The zero-order valence-corrected chi connectivity index (χ0v) is 9.14. The Kier molecular flexibility index (Phi) is 2.68. The van der Waals surface area contributed by atoms with Gasteiger partial charge in [0, 0.05) is 19.4 Å². The van der Waals surface area contributed by atoms with Gasteiger partial charge in [0.05, 0.1) is 17.6 Å². The summed E-state index contributed by atoms with van der Waals surface area (Å²) in [6.07, 6.45) is 5.01. The van der Waals surface area contributed by atoms with Crippen molar-refractivity contribution in [3.8, 4) is 0 Å². The van der Waals surface area contributed by atoms with Gasteiger partial charge in [0.2, 0.25) is 0 Å². The van der Waals surface area contributed by atoms with Crippen LogP contribution in [0.15, 0.2) is 35.5 Å². The van der Waals surface area contributed by atoms with Gasteiger partial charge in [-0.05, 0) is 19.1 Å². The molecule has 0 atom stereocenters. The maximum absolute atomic E-state index is 11.7. The second-order valence-electron chi connectivity index (χ2n) is 3.51. The summed E-state index contributed by atoms with van der Waals surface area (Å²) in [7, 11) is 1.70. The number of aryl methyl sites for hydroxylation is 2. The Morgan fingerprint density at radius 2 is 2.25 bits per heavy atom. The number of hydrogen-bond acceptors (Lipinski definition) is 4. The first kappa shape index (κ1) is 10.4. The van der Waals surface area contributed by atoms with Crippen LogP contribution in [0.1, 0.15) is 5.69 Å². The standard InChI is InChI=1S/C11H12N4O/c1-8-7-15(2)11(16)10(13-8)14-9-4-3-5-12-6-9/h3-7H,1-2H3,(H,13,14). The predicted molar refractivity (Wildman–Crippen MR) is 61.7 cm³/mol. The Hall–Kier alpha value is -2.17. The average Bonchev–Trinajstić information content (AvgIpc) is 2.27. The van der Waals surface area contributed by atoms with Gasteiger partial charge in [-0.2, -0.15) is 0 Å². The first-order chi connectivity index (χ1) is 7.66. The monoisotopic (exact) mass is 216 g/mol. The van der Waals surface area contributed by atoms with Crippen molar-refractivity contribution in [1.82, 2.24) is 14.5 Å². The van der Waals surface area contributed by atoms with Gasteiger partial charge in [-0.15, -0.1) is 0 Å². The molecule has 0 radical (unpaired) electrons. The average molecular weight is 216 g/mol. The summed E-state index contributed by atoms with van der Waals surface area (Å²) in [5.74, 6) is 0.315. The molecule has 5 heteroatoms. The third-order valence-electron chi connectivity index (χ3n) is 2.12. The highest BCUT2D eigenvalue weighted by Gasteiger charge is 2.04. The highest BCUT2D eigenvalue weighted by molar-refractivity contribution is 5.53. The van der Waals surface area contributed by atoms with E-state index >= 15 is 0 Å². The Labute approximate surface area is 92.8 Å². The van der Waals surface area contributed by atoms with Crippen molar-refractivity contribution < 1.29 is 0 Å². The number of rotatable bonds is 2. The highest BCUT2D eigenvalue weighted by Crippen LogP contribution is 2.08. The summed E-state index contributed by atoms with van der Waals surface area (Å²) in [4.78, 5) is 19.9. The SMILES string of the molecule is Cc1cn(C)c(=O)c(Nc2cccnc2)n1. The van der Waals surface area contributed by atoms with Crippen molar-refractivity contribution in [2.75, 3.05) is 5.32 Å². The molecule has 0 fully saturated rings. The molecule has 0 amide bonds. The lowest BCUT2D eigenvalue weighted by molar-refractivity contribution is 0.831. The molecule has 1 N–H and O–H groups in total. The number of anilines is 2. The molecule has 0 aliphatic rings. The van der Waals surface area contributed by atoms with Gasteiger partial charge in [-0.25, -0.2) is 4.98 Å². The zero-order chi connectivity index (χ0) is 11.5. The van der Waals surface area contributed by atoms with E-state index in [0.717, 1.165) is 11.4 Å². The van der Waals surface area contributed by atoms with Crippen molar-refractivity contribution in [3.63, 3.8) is 0 Å². The smallest absolute Gasteiger partial charge is 0.293 e. The van der Waals surface area contributed by atoms with Gasteiger partial charge in [0.15, 0.2) is 5.82 Å². The van der Waals surface area contributed by atoms with Crippen LogP contribution in [0.5, 0.6) is 0 Å². The van der Waals surface area contributed by atoms with Crippen molar-refractivity contribution >= 4 is 11.5 Å². The number of hydrogen-bond donors (Lipinski definition) is 1. The molecule has 0 saturated carbocycles. The van der Waals surface area contributed by atoms with Crippen LogP contribution in [0.25, 0.3) is 0 Å². The highest BCUT2D eigenvalue weighted by atomic mass is 16.1. The Bertz CT molecular complexity index is 548. The molecule has 0 aliphatic heterocycles. The Morgan fingerprint density at radius 3 is 2.94 bits per heavy atom. The lowest BCUT2D eigenvalue weighted by atomic mass is 10.4. The molecule has 2 aromatic heterocycles. The van der Waals surface area contributed by atoms with E-state index in [4.69, 9.17) is 0 Å². The molecule has 0 aromatic carbocycles. The summed E-state index contributed by atoms with van der Waals surface area (Å²) < 4.78 is 1.50. The van der Waals surface area contributed by atoms with Gasteiger partial charge in [0.1, 0.15) is 0 Å². The van der Waals surface area contributed by atoms with Crippen molar-refractivity contribution in [1.29, 1.82) is 0 Å². The molecule has 2 rings (SSSR count). The molecular weight excluding hydrogens is 204 g/mol. The molecule has 0 spiro atoms. The normalized spacial score (nSPS) is 10.1. The lowest BCUT2D eigenvalue weighted by Gasteiger charge is -2.06. The van der Waals surface area contributed by atoms with E-state index in [1.165, 1.54) is 4.57 Å². The quantitative estimate of drug-likeness (QED) is 0.820. The van der Waals surface area contributed by atoms with Crippen molar-refractivity contribution in [2.45, 2.75) is 6.92 Å². The van der Waals surface area contributed by atoms with Crippen LogP contribution in [-0.2, 0) is 7.05 Å². The van der Waals surface area contributed by atoms with Crippen LogP contribution >= 0.6 is 0 Å². The molecule has 2 heterocycles. The summed E-state index contributed by atoms with van der Waals surface area (Å²) in [5.41, 5.74) is 1.38. The number of nitrogens with zero attached hydrogens (tertiary/aromatic N) is 3. The summed E-state index contributed by atoms with van der Waals surface area (Å²) in [6, 6.07) is 3.62. The number of pyridine rings is 1. The van der Waals surface area contributed by atoms with E-state index in [2.05, 4.69) is 15.3 Å². The fourth-order valence-electron chi connectivity index (χ4n) is 1.41. The maximum Gasteiger partial charge on any atom is 0.293 e. The van der Waals surface area contributed by atoms with Crippen LogP contribution in [0.2, 0.25) is 0 Å². The van der Waals surface area contributed by atoms with Gasteiger partial charge in [0.25, 0.3) is 5.56 Å². The minimum absolute atomic E-state index is 0.158. The molecule has 0 unspecified atom stereocenters. The Balaban J connectivity index is 2.39. The van der Waals surface area contributed by atoms with Gasteiger partial charge < -0.3 is 9.88 Å². The second kappa shape index (κ2) is 4.14. The zero-order valence-electron chi connectivity index (χ0n) is 9.14. The van der Waals surface area contributed by atoms with Gasteiger partial charge in [-0.3, -0.25) is 9.78 Å². The summed E-state index contributed by atoms with van der Waals surface area (Å²) in [6.45, 7) is 1.84. The van der Waals surface area contributed by atoms with Crippen LogP contribution in [0.4, 0.5) is 11.5 Å². The molecule has 82 valence electrons. The molecule has 2 aromatic rings. The summed E-state index contributed by atoms with van der Waals surface area (Å²) in [5, 5.41) is 2.95. The van der Waals surface area contributed by atoms with Gasteiger partial charge >= 0.3 is 0 Å². The first-order valence-electron chi connectivity index (χ1n) is 4.88. The number of nitrogens with one attached hydrogen (secondary N) is 1. The van der Waals surface area contributed by atoms with E-state index < -0.39 is 0 Å². The van der Waals surface area contributed by atoms with Crippen LogP contribution < -0.4 is 10.9 Å². The van der Waals surface area contributed by atoms with E-state index in [1.54, 1.807) is 31.7 Å². The van der Waals surface area contributed by atoms with Gasteiger partial charge in [-0.1, -0.05) is 0 Å².